The van der Waals surface area contributed by atoms with Gasteiger partial charge in [-0.15, -0.1) is 0 Å². The van der Waals surface area contributed by atoms with Crippen LogP contribution in [0.4, 0.5) is 24.9 Å². The molecule has 5 nitrogen and oxygen atoms in total. The van der Waals surface area contributed by atoms with Gasteiger partial charge in [0.1, 0.15) is 5.82 Å². The number of alkyl halides is 3. The Kier molecular flexibility index (Phi) is 4.27. The molecular formula is C13H19F3N4O. The Balaban J connectivity index is 2.20. The van der Waals surface area contributed by atoms with Crippen LogP contribution < -0.4 is 10.2 Å². The van der Waals surface area contributed by atoms with Crippen LogP contribution in [0.1, 0.15) is 25.0 Å². The minimum absolute atomic E-state index is 0.0307. The molecule has 0 spiro atoms. The monoisotopic (exact) mass is 304 g/mol. The quantitative estimate of drug-likeness (QED) is 0.906. The molecule has 1 fully saturated rings. The van der Waals surface area contributed by atoms with E-state index < -0.39 is 11.9 Å². The minimum Gasteiger partial charge on any atom is -0.376 e. The largest absolute Gasteiger partial charge is 0.433 e. The molecule has 1 aliphatic carbocycles. The van der Waals surface area contributed by atoms with Crippen molar-refractivity contribution in [1.82, 2.24) is 9.97 Å². The zero-order chi connectivity index (χ0) is 15.7. The molecule has 1 saturated carbocycles. The van der Waals surface area contributed by atoms with Crippen molar-refractivity contribution in [2.24, 2.45) is 0 Å². The Bertz CT molecular complexity index is 495. The number of nitrogens with zero attached hydrogens (tertiary/aromatic N) is 3. The fourth-order valence-electron chi connectivity index (χ4n) is 2.15. The number of anilines is 2. The van der Waals surface area contributed by atoms with Crippen molar-refractivity contribution in [3.63, 3.8) is 0 Å². The molecule has 2 rings (SSSR count). The summed E-state index contributed by atoms with van der Waals surface area (Å²) in [6, 6.07) is 0.931. The number of aromatic nitrogens is 2. The van der Waals surface area contributed by atoms with Crippen molar-refractivity contribution < 1.29 is 17.9 Å². The van der Waals surface area contributed by atoms with Crippen LogP contribution in [0, 0.1) is 0 Å². The van der Waals surface area contributed by atoms with Crippen molar-refractivity contribution in [1.29, 1.82) is 0 Å². The molecule has 0 saturated heterocycles. The lowest BCUT2D eigenvalue weighted by Crippen LogP contribution is -2.45. The molecule has 8 heteroatoms. The van der Waals surface area contributed by atoms with Crippen LogP contribution in [0.5, 0.6) is 0 Å². The summed E-state index contributed by atoms with van der Waals surface area (Å²) in [5, 5.41) is 2.87. The summed E-state index contributed by atoms with van der Waals surface area (Å²) in [6.45, 7) is 0.400. The summed E-state index contributed by atoms with van der Waals surface area (Å²) in [4.78, 5) is 9.16. The van der Waals surface area contributed by atoms with E-state index in [1.165, 1.54) is 4.90 Å². The average molecular weight is 304 g/mol. The first-order valence-electron chi connectivity index (χ1n) is 6.68. The zero-order valence-electron chi connectivity index (χ0n) is 12.3. The van der Waals surface area contributed by atoms with Gasteiger partial charge < -0.3 is 15.0 Å². The van der Waals surface area contributed by atoms with Crippen molar-refractivity contribution in [3.05, 3.63) is 11.8 Å². The lowest BCUT2D eigenvalue weighted by atomic mass is 9.80. The van der Waals surface area contributed by atoms with E-state index in [4.69, 9.17) is 4.74 Å². The standard InChI is InChI=1S/C13H19F3N4O/c1-20(2)10-7-9(13(14,15)16)18-11(19-10)17-8-12(21-3)5-4-6-12/h7H,4-6,8H2,1-3H3,(H,17,18,19). The van der Waals surface area contributed by atoms with E-state index in [0.717, 1.165) is 25.3 Å². The molecule has 0 unspecified atom stereocenters. The second-order valence-electron chi connectivity index (χ2n) is 5.42. The Morgan fingerprint density at radius 3 is 2.43 bits per heavy atom. The number of ether oxygens (including phenoxy) is 1. The predicted molar refractivity (Wildman–Crippen MR) is 73.4 cm³/mol. The topological polar surface area (TPSA) is 50.3 Å². The summed E-state index contributed by atoms with van der Waals surface area (Å²) in [5.74, 6) is 0.178. The third-order valence-electron chi connectivity index (χ3n) is 3.73. The second kappa shape index (κ2) is 5.67. The fraction of sp³-hybridized carbons (Fsp3) is 0.692. The third kappa shape index (κ3) is 3.55. The highest BCUT2D eigenvalue weighted by molar-refractivity contribution is 5.44. The van der Waals surface area contributed by atoms with E-state index in [0.29, 0.717) is 6.54 Å². The van der Waals surface area contributed by atoms with Gasteiger partial charge in [-0.25, -0.2) is 4.98 Å². The molecule has 0 atom stereocenters. The molecule has 0 radical (unpaired) electrons. The second-order valence-corrected chi connectivity index (χ2v) is 5.42. The molecule has 0 aliphatic heterocycles. The smallest absolute Gasteiger partial charge is 0.376 e. The Morgan fingerprint density at radius 2 is 2.00 bits per heavy atom. The maximum Gasteiger partial charge on any atom is 0.433 e. The predicted octanol–water partition coefficient (Wildman–Crippen LogP) is 2.54. The van der Waals surface area contributed by atoms with Gasteiger partial charge in [-0.1, -0.05) is 0 Å². The fourth-order valence-corrected chi connectivity index (χ4v) is 2.15. The molecule has 118 valence electrons. The Morgan fingerprint density at radius 1 is 1.33 bits per heavy atom. The maximum atomic E-state index is 12.9. The molecule has 1 aromatic heterocycles. The van der Waals surface area contributed by atoms with Gasteiger partial charge in [-0.2, -0.15) is 18.2 Å². The molecule has 0 bridgehead atoms. The minimum atomic E-state index is -4.50. The van der Waals surface area contributed by atoms with Crippen LogP contribution in [0.2, 0.25) is 0 Å². The number of hydrogen-bond acceptors (Lipinski definition) is 5. The van der Waals surface area contributed by atoms with E-state index in [9.17, 15) is 13.2 Å². The Labute approximate surface area is 121 Å². The van der Waals surface area contributed by atoms with Crippen molar-refractivity contribution in [2.45, 2.75) is 31.0 Å². The molecule has 0 amide bonds. The molecule has 1 heterocycles. The van der Waals surface area contributed by atoms with E-state index in [2.05, 4.69) is 15.3 Å². The van der Waals surface area contributed by atoms with Crippen molar-refractivity contribution >= 4 is 11.8 Å². The SMILES string of the molecule is COC1(CNc2nc(N(C)C)cc(C(F)(F)F)n2)CCC1. The molecule has 0 aromatic carbocycles. The van der Waals surface area contributed by atoms with Crippen LogP contribution in [-0.4, -0.2) is 43.3 Å². The first kappa shape index (κ1) is 15.8. The lowest BCUT2D eigenvalue weighted by molar-refractivity contribution is -0.141. The normalized spacial score (nSPS) is 17.2. The van der Waals surface area contributed by atoms with Gasteiger partial charge in [0.15, 0.2) is 5.69 Å². The summed E-state index contributed by atoms with van der Waals surface area (Å²) < 4.78 is 44.0. The summed E-state index contributed by atoms with van der Waals surface area (Å²) in [7, 11) is 4.88. The highest BCUT2D eigenvalue weighted by Crippen LogP contribution is 2.35. The van der Waals surface area contributed by atoms with Gasteiger partial charge in [0.2, 0.25) is 5.95 Å². The van der Waals surface area contributed by atoms with Crippen LogP contribution >= 0.6 is 0 Å². The zero-order valence-corrected chi connectivity index (χ0v) is 12.3. The van der Waals surface area contributed by atoms with Crippen molar-refractivity contribution in [2.75, 3.05) is 38.0 Å². The number of halogens is 3. The first-order chi connectivity index (χ1) is 9.76. The highest BCUT2D eigenvalue weighted by atomic mass is 19.4. The molecule has 1 N–H and O–H groups in total. The van der Waals surface area contributed by atoms with Crippen LogP contribution in [0.25, 0.3) is 0 Å². The van der Waals surface area contributed by atoms with Gasteiger partial charge in [-0.3, -0.25) is 0 Å². The molecule has 21 heavy (non-hydrogen) atoms. The maximum absolute atomic E-state index is 12.9. The van der Waals surface area contributed by atoms with E-state index in [1.807, 2.05) is 0 Å². The van der Waals surface area contributed by atoms with E-state index in [-0.39, 0.29) is 17.4 Å². The number of hydrogen-bond donors (Lipinski definition) is 1. The lowest BCUT2D eigenvalue weighted by Gasteiger charge is -2.40. The van der Waals surface area contributed by atoms with Gasteiger partial charge >= 0.3 is 6.18 Å². The molecule has 1 aliphatic rings. The highest BCUT2D eigenvalue weighted by Gasteiger charge is 2.37. The number of methoxy groups -OCH3 is 1. The summed E-state index contributed by atoms with van der Waals surface area (Å²) >= 11 is 0. The van der Waals surface area contributed by atoms with Crippen LogP contribution in [0.15, 0.2) is 6.07 Å². The van der Waals surface area contributed by atoms with Gasteiger partial charge in [0.05, 0.1) is 5.60 Å². The van der Waals surface area contributed by atoms with E-state index >= 15 is 0 Å². The number of rotatable bonds is 5. The third-order valence-corrected chi connectivity index (χ3v) is 3.73. The number of nitrogens with one attached hydrogen (secondary N) is 1. The molecule has 1 aromatic rings. The first-order valence-corrected chi connectivity index (χ1v) is 6.68. The van der Waals surface area contributed by atoms with Gasteiger partial charge in [-0.05, 0) is 19.3 Å². The van der Waals surface area contributed by atoms with Gasteiger partial charge in [0.25, 0.3) is 0 Å². The van der Waals surface area contributed by atoms with E-state index in [1.54, 1.807) is 21.2 Å². The summed E-state index contributed by atoms with van der Waals surface area (Å²) in [6.07, 6.45) is -1.67. The Hall–Kier alpha value is -1.57. The summed E-state index contributed by atoms with van der Waals surface area (Å²) in [5.41, 5.74) is -1.26. The van der Waals surface area contributed by atoms with Gasteiger partial charge in [0, 0.05) is 33.8 Å². The average Bonchev–Trinajstić information content (AvgIpc) is 2.36. The molecular weight excluding hydrogens is 285 g/mol. The van der Waals surface area contributed by atoms with Crippen molar-refractivity contribution in [3.8, 4) is 0 Å². The van der Waals surface area contributed by atoms with Crippen LogP contribution in [0.3, 0.4) is 0 Å². The van der Waals surface area contributed by atoms with Crippen LogP contribution in [-0.2, 0) is 10.9 Å².